The molecule has 0 saturated carbocycles. The third-order valence-electron chi connectivity index (χ3n) is 5.78. The van der Waals surface area contributed by atoms with E-state index in [2.05, 4.69) is 13.8 Å². The fraction of sp³-hybridized carbons (Fsp3) is 0.882. The van der Waals surface area contributed by atoms with Crippen molar-refractivity contribution >= 4 is 23.8 Å². The Hall–Kier alpha value is -1.03. The lowest BCUT2D eigenvalue weighted by Gasteiger charge is -2.52. The minimum atomic E-state index is -0.631. The molecule has 2 unspecified atom stereocenters. The molecule has 0 bridgehead atoms. The van der Waals surface area contributed by atoms with Crippen molar-refractivity contribution in [3.63, 3.8) is 0 Å². The van der Waals surface area contributed by atoms with E-state index in [0.717, 1.165) is 0 Å². The molecule has 0 aromatic rings. The minimum absolute atomic E-state index is 0.0524. The largest absolute Gasteiger partial charge is 0.438 e. The van der Waals surface area contributed by atoms with E-state index in [0.29, 0.717) is 6.61 Å². The fourth-order valence-corrected chi connectivity index (χ4v) is 6.93. The lowest BCUT2D eigenvalue weighted by atomic mass is 9.83. The number of β-lactam (4-membered cyclic amide) rings is 1. The number of ether oxygens (including phenoxy) is 4. The smallest absolute Gasteiger partial charge is 0.413 e. The van der Waals surface area contributed by atoms with Gasteiger partial charge in [-0.3, -0.25) is 9.69 Å². The number of hydrogen-bond donors (Lipinski definition) is 0. The number of amides is 2. The highest BCUT2D eigenvalue weighted by Gasteiger charge is 2.71. The van der Waals surface area contributed by atoms with Crippen LogP contribution < -0.4 is 0 Å². The second-order valence-corrected chi connectivity index (χ2v) is 10.5. The molecule has 0 aromatic carbocycles. The first-order valence-electron chi connectivity index (χ1n) is 8.83. The van der Waals surface area contributed by atoms with Crippen LogP contribution in [0.4, 0.5) is 4.79 Å². The summed E-state index contributed by atoms with van der Waals surface area (Å²) in [6.07, 6.45) is -2.46. The van der Waals surface area contributed by atoms with Crippen molar-refractivity contribution in [2.24, 2.45) is 0 Å². The van der Waals surface area contributed by atoms with E-state index in [1.165, 1.54) is 4.90 Å². The number of carbonyl (C=O) groups excluding carboxylic acids is 2. The van der Waals surface area contributed by atoms with Gasteiger partial charge in [-0.2, -0.15) is 0 Å². The summed E-state index contributed by atoms with van der Waals surface area (Å²) in [6.45, 7) is 8.65. The summed E-state index contributed by atoms with van der Waals surface area (Å²) in [5.41, 5.74) is 0. The number of thioether (sulfide) groups is 1. The predicted octanol–water partition coefficient (Wildman–Crippen LogP) is 1.03. The van der Waals surface area contributed by atoms with Gasteiger partial charge >= 0.3 is 6.09 Å². The van der Waals surface area contributed by atoms with Crippen molar-refractivity contribution in [1.29, 1.82) is 0 Å². The Morgan fingerprint density at radius 2 is 1.88 bits per heavy atom. The zero-order chi connectivity index (χ0) is 19.0. The molecule has 0 spiro atoms. The Morgan fingerprint density at radius 1 is 1.19 bits per heavy atom. The number of nitrogens with zero attached hydrogens (tertiary/aromatic N) is 2. The van der Waals surface area contributed by atoms with Crippen LogP contribution in [0.25, 0.3) is 0 Å². The van der Waals surface area contributed by atoms with Crippen LogP contribution in [-0.2, 0) is 23.7 Å². The molecule has 0 N–H and O–H groups in total. The summed E-state index contributed by atoms with van der Waals surface area (Å²) in [7, 11) is 3.15. The van der Waals surface area contributed by atoms with Crippen molar-refractivity contribution in [2.75, 3.05) is 20.8 Å². The molecule has 9 heteroatoms. The van der Waals surface area contributed by atoms with Gasteiger partial charge in [-0.25, -0.2) is 4.79 Å². The first-order chi connectivity index (χ1) is 12.1. The summed E-state index contributed by atoms with van der Waals surface area (Å²) in [5.74, 6) is -0.0524. The Kier molecular flexibility index (Phi) is 4.04. The average Bonchev–Trinajstić information content (AvgIpc) is 3.04. The SMILES string of the molecule is COC[C@H]1O[C@H]2[C@H](OC(=O)N2C2C(=O)N3C2C(C)(C)SC3(C)C)[C@H]1OC. The average molecular weight is 386 g/mol. The van der Waals surface area contributed by atoms with E-state index in [1.54, 1.807) is 26.0 Å². The van der Waals surface area contributed by atoms with Gasteiger partial charge in [-0.05, 0) is 27.7 Å². The van der Waals surface area contributed by atoms with E-state index >= 15 is 0 Å². The normalized spacial score (nSPS) is 42.5. The molecule has 0 radical (unpaired) electrons. The number of hydrogen-bond acceptors (Lipinski definition) is 7. The first-order valence-corrected chi connectivity index (χ1v) is 9.65. The van der Waals surface area contributed by atoms with Crippen LogP contribution in [0, 0.1) is 0 Å². The Bertz CT molecular complexity index is 641. The number of rotatable bonds is 4. The van der Waals surface area contributed by atoms with E-state index < -0.39 is 30.6 Å². The summed E-state index contributed by atoms with van der Waals surface area (Å²) in [5, 5.41) is 0. The Morgan fingerprint density at radius 3 is 2.50 bits per heavy atom. The van der Waals surface area contributed by atoms with Gasteiger partial charge in [0.05, 0.1) is 17.5 Å². The molecular weight excluding hydrogens is 360 g/mol. The van der Waals surface area contributed by atoms with Crippen molar-refractivity contribution in [1.82, 2.24) is 9.80 Å². The lowest BCUT2D eigenvalue weighted by Crippen LogP contribution is -2.76. The maximum absolute atomic E-state index is 13.0. The molecule has 4 fully saturated rings. The molecule has 4 aliphatic heterocycles. The van der Waals surface area contributed by atoms with Crippen molar-refractivity contribution in [3.8, 4) is 0 Å². The summed E-state index contributed by atoms with van der Waals surface area (Å²) in [6, 6.07) is -0.645. The molecule has 146 valence electrons. The molecular formula is C17H26N2O6S. The predicted molar refractivity (Wildman–Crippen MR) is 93.6 cm³/mol. The molecule has 4 rings (SSSR count). The molecule has 4 saturated heterocycles. The third-order valence-corrected chi connectivity index (χ3v) is 7.25. The fourth-order valence-electron chi connectivity index (χ4n) is 4.98. The lowest BCUT2D eigenvalue weighted by molar-refractivity contribution is -0.170. The minimum Gasteiger partial charge on any atom is -0.438 e. The number of carbonyl (C=O) groups is 2. The third kappa shape index (κ3) is 2.26. The molecule has 0 aliphatic carbocycles. The van der Waals surface area contributed by atoms with Gasteiger partial charge in [-0.1, -0.05) is 0 Å². The maximum atomic E-state index is 13.0. The highest BCUT2D eigenvalue weighted by atomic mass is 32.2. The van der Waals surface area contributed by atoms with Gasteiger partial charge in [-0.15, -0.1) is 11.8 Å². The van der Waals surface area contributed by atoms with Crippen molar-refractivity contribution in [3.05, 3.63) is 0 Å². The highest BCUT2D eigenvalue weighted by molar-refractivity contribution is 8.02. The first kappa shape index (κ1) is 18.3. The standard InChI is InChI=1S/C17H26N2O6S/c1-16(2)12-9(13(20)19(12)17(3,4)26-16)18-14-11(25-15(18)21)10(23-6)8(24-14)7-22-5/h8-12,14H,7H2,1-6H3/t8-,9?,10+,11-,12?,14+/m1/s1. The number of fused-ring (bicyclic) bond motifs is 2. The number of methoxy groups -OCH3 is 2. The molecule has 6 atom stereocenters. The van der Waals surface area contributed by atoms with E-state index in [4.69, 9.17) is 18.9 Å². The van der Waals surface area contributed by atoms with Gasteiger partial charge in [0.15, 0.2) is 12.3 Å². The van der Waals surface area contributed by atoms with E-state index in [-0.39, 0.29) is 27.7 Å². The molecule has 2 amide bonds. The van der Waals surface area contributed by atoms with Crippen LogP contribution in [0.1, 0.15) is 27.7 Å². The monoisotopic (exact) mass is 386 g/mol. The van der Waals surface area contributed by atoms with Crippen molar-refractivity contribution in [2.45, 2.75) is 73.9 Å². The molecule has 4 aliphatic rings. The van der Waals surface area contributed by atoms with Gasteiger partial charge in [0.2, 0.25) is 5.91 Å². The molecule has 26 heavy (non-hydrogen) atoms. The van der Waals surface area contributed by atoms with Crippen LogP contribution in [0.3, 0.4) is 0 Å². The van der Waals surface area contributed by atoms with Gasteiger partial charge < -0.3 is 23.8 Å². The Labute approximate surface area is 157 Å². The van der Waals surface area contributed by atoms with Gasteiger partial charge in [0.1, 0.15) is 18.2 Å². The molecule has 4 heterocycles. The van der Waals surface area contributed by atoms with Crippen LogP contribution in [0.5, 0.6) is 0 Å². The van der Waals surface area contributed by atoms with Gasteiger partial charge in [0, 0.05) is 19.0 Å². The molecule has 8 nitrogen and oxygen atoms in total. The summed E-state index contributed by atoms with van der Waals surface area (Å²) < 4.78 is 22.1. The summed E-state index contributed by atoms with van der Waals surface area (Å²) >= 11 is 1.75. The maximum Gasteiger partial charge on any atom is 0.413 e. The summed E-state index contributed by atoms with van der Waals surface area (Å²) in [4.78, 5) is 28.7. The van der Waals surface area contributed by atoms with E-state index in [9.17, 15) is 9.59 Å². The Balaban J connectivity index is 1.63. The second kappa shape index (κ2) is 5.73. The van der Waals surface area contributed by atoms with Crippen LogP contribution >= 0.6 is 11.8 Å². The van der Waals surface area contributed by atoms with Crippen LogP contribution in [0.15, 0.2) is 0 Å². The molecule has 0 aromatic heterocycles. The zero-order valence-electron chi connectivity index (χ0n) is 15.9. The van der Waals surface area contributed by atoms with Gasteiger partial charge in [0.25, 0.3) is 0 Å². The van der Waals surface area contributed by atoms with Crippen LogP contribution in [0.2, 0.25) is 0 Å². The van der Waals surface area contributed by atoms with Crippen molar-refractivity contribution < 1.29 is 28.5 Å². The van der Waals surface area contributed by atoms with E-state index in [1.807, 2.05) is 18.7 Å². The highest BCUT2D eigenvalue weighted by Crippen LogP contribution is 2.58. The van der Waals surface area contributed by atoms with Crippen LogP contribution in [-0.4, -0.2) is 88.9 Å². The second-order valence-electron chi connectivity index (χ2n) is 8.23. The topological polar surface area (TPSA) is 77.5 Å². The quantitative estimate of drug-likeness (QED) is 0.668. The zero-order valence-corrected chi connectivity index (χ0v) is 16.7.